The lowest BCUT2D eigenvalue weighted by Crippen LogP contribution is -1.34. The lowest BCUT2D eigenvalue weighted by molar-refractivity contribution is 0.295. The van der Waals surface area contributed by atoms with Crippen molar-refractivity contribution in [3.63, 3.8) is 0 Å². The average molecular weight is 96.1 g/mol. The standard InChI is InChI=1S/C2H4O.CH2F2/c1-2-3-1;2-1-3/h1-2H2;1H2. The van der Waals surface area contributed by atoms with Crippen LogP contribution < -0.4 is 0 Å². The first-order valence-electron chi connectivity index (χ1n) is 1.61. The molecule has 0 spiro atoms. The lowest BCUT2D eigenvalue weighted by Gasteiger charge is -1.42. The van der Waals surface area contributed by atoms with Gasteiger partial charge in [0.05, 0.1) is 13.2 Å². The van der Waals surface area contributed by atoms with Crippen LogP contribution in [0.25, 0.3) is 0 Å². The predicted molar refractivity (Wildman–Crippen MR) is 17.9 cm³/mol. The number of halogens is 2. The zero-order valence-electron chi connectivity index (χ0n) is 3.29. The van der Waals surface area contributed by atoms with E-state index in [-0.39, 0.29) is 0 Å². The molecular weight excluding hydrogens is 90.0 g/mol. The molecule has 1 fully saturated rings. The van der Waals surface area contributed by atoms with E-state index < -0.39 is 6.93 Å². The summed E-state index contributed by atoms with van der Waals surface area (Å²) >= 11 is 0. The first kappa shape index (κ1) is 5.82. The van der Waals surface area contributed by atoms with Crippen LogP contribution in [-0.4, -0.2) is 20.1 Å². The van der Waals surface area contributed by atoms with E-state index in [0.29, 0.717) is 0 Å². The number of hydrogen-bond donors (Lipinski definition) is 0. The highest BCUT2D eigenvalue weighted by Gasteiger charge is 1.94. The van der Waals surface area contributed by atoms with Crippen LogP contribution in [0.15, 0.2) is 0 Å². The van der Waals surface area contributed by atoms with Gasteiger partial charge in [-0.15, -0.1) is 0 Å². The van der Waals surface area contributed by atoms with Crippen LogP contribution >= 0.6 is 0 Å². The van der Waals surface area contributed by atoms with Crippen molar-refractivity contribution in [2.75, 3.05) is 20.1 Å². The fraction of sp³-hybridized carbons (Fsp3) is 1.00. The summed E-state index contributed by atoms with van der Waals surface area (Å²) in [5.41, 5.74) is 0. The summed E-state index contributed by atoms with van der Waals surface area (Å²) in [6.07, 6.45) is 0. The van der Waals surface area contributed by atoms with E-state index in [2.05, 4.69) is 4.74 Å². The molecule has 0 amide bonds. The summed E-state index contributed by atoms with van der Waals surface area (Å²) in [5, 5.41) is 0. The Morgan fingerprint density at radius 3 is 1.50 bits per heavy atom. The lowest BCUT2D eigenvalue weighted by atomic mass is 11.0. The van der Waals surface area contributed by atoms with Gasteiger partial charge in [-0.05, 0) is 0 Å². The molecule has 1 aliphatic heterocycles. The van der Waals surface area contributed by atoms with Crippen molar-refractivity contribution in [2.45, 2.75) is 0 Å². The van der Waals surface area contributed by atoms with E-state index in [4.69, 9.17) is 0 Å². The third-order valence-corrected chi connectivity index (χ3v) is 0.204. The molecule has 0 saturated carbocycles. The Balaban J connectivity index is 0.0000000833. The second kappa shape index (κ2) is 4.82. The summed E-state index contributed by atoms with van der Waals surface area (Å²) in [4.78, 5) is 0. The maximum Gasteiger partial charge on any atom is 0.229 e. The van der Waals surface area contributed by atoms with Crippen LogP contribution in [0, 0.1) is 0 Å². The molecule has 3 heteroatoms. The summed E-state index contributed by atoms with van der Waals surface area (Å²) in [6.45, 7) is 0.250. The van der Waals surface area contributed by atoms with Crippen molar-refractivity contribution in [3.8, 4) is 0 Å². The first-order valence-corrected chi connectivity index (χ1v) is 1.61. The van der Waals surface area contributed by atoms with E-state index >= 15 is 0 Å². The zero-order valence-corrected chi connectivity index (χ0v) is 3.29. The van der Waals surface area contributed by atoms with Gasteiger partial charge in [0, 0.05) is 0 Å². The second-order valence-corrected chi connectivity index (χ2v) is 0.713. The van der Waals surface area contributed by atoms with Gasteiger partial charge in [0.15, 0.2) is 0 Å². The molecule has 0 aliphatic carbocycles. The normalized spacial score (nSPS) is 15.0. The fourth-order valence-corrected chi connectivity index (χ4v) is 0. The molecule has 0 N–H and O–H groups in total. The summed E-state index contributed by atoms with van der Waals surface area (Å²) in [5.74, 6) is 0. The highest BCUT2D eigenvalue weighted by molar-refractivity contribution is 4.36. The predicted octanol–water partition coefficient (Wildman–Crippen LogP) is 0.900. The molecule has 0 aromatic heterocycles. The molecule has 1 nitrogen and oxygen atoms in total. The van der Waals surface area contributed by atoms with Gasteiger partial charge in [0.1, 0.15) is 0 Å². The second-order valence-electron chi connectivity index (χ2n) is 0.713. The number of epoxide rings is 1. The third-order valence-electron chi connectivity index (χ3n) is 0.204. The van der Waals surface area contributed by atoms with Gasteiger partial charge in [-0.1, -0.05) is 0 Å². The molecule has 1 heterocycles. The number of alkyl halides is 2. The van der Waals surface area contributed by atoms with Gasteiger partial charge in [-0.2, -0.15) is 0 Å². The summed E-state index contributed by atoms with van der Waals surface area (Å²) < 4.78 is 23.8. The van der Waals surface area contributed by atoms with Gasteiger partial charge >= 0.3 is 0 Å². The number of ether oxygens (including phenoxy) is 1. The monoisotopic (exact) mass is 96.0 g/mol. The van der Waals surface area contributed by atoms with Crippen molar-refractivity contribution in [2.24, 2.45) is 0 Å². The van der Waals surface area contributed by atoms with Crippen LogP contribution in [0.1, 0.15) is 0 Å². The maximum atomic E-state index is 9.62. The van der Waals surface area contributed by atoms with Gasteiger partial charge in [0.2, 0.25) is 6.93 Å². The molecule has 1 rings (SSSR count). The largest absolute Gasteiger partial charge is 0.377 e. The molecule has 0 atom stereocenters. The topological polar surface area (TPSA) is 12.5 Å². The molecule has 0 bridgehead atoms. The fourth-order valence-electron chi connectivity index (χ4n) is 0. The Bertz CT molecular complexity index is 20.0. The van der Waals surface area contributed by atoms with E-state index in [1.54, 1.807) is 0 Å². The van der Waals surface area contributed by atoms with Crippen LogP contribution in [0.5, 0.6) is 0 Å². The van der Waals surface area contributed by atoms with Crippen molar-refractivity contribution in [1.82, 2.24) is 0 Å². The van der Waals surface area contributed by atoms with Crippen molar-refractivity contribution in [3.05, 3.63) is 0 Å². The molecule has 0 radical (unpaired) electrons. The zero-order chi connectivity index (χ0) is 4.83. The van der Waals surface area contributed by atoms with Crippen LogP contribution in [0.4, 0.5) is 8.78 Å². The highest BCUT2D eigenvalue weighted by Crippen LogP contribution is 1.84. The molecule has 6 heavy (non-hydrogen) atoms. The van der Waals surface area contributed by atoms with Gasteiger partial charge in [-0.3, -0.25) is 0 Å². The van der Waals surface area contributed by atoms with Crippen LogP contribution in [0.2, 0.25) is 0 Å². The summed E-state index contributed by atoms with van der Waals surface area (Å²) in [7, 11) is 0. The molecule has 1 saturated heterocycles. The molecular formula is C3H6F2O. The minimum Gasteiger partial charge on any atom is -0.377 e. The van der Waals surface area contributed by atoms with Crippen LogP contribution in [0.3, 0.4) is 0 Å². The van der Waals surface area contributed by atoms with Gasteiger partial charge in [0.25, 0.3) is 0 Å². The minimum atomic E-state index is -1.75. The van der Waals surface area contributed by atoms with E-state index in [9.17, 15) is 8.78 Å². The highest BCUT2D eigenvalue weighted by atomic mass is 19.3. The van der Waals surface area contributed by atoms with Gasteiger partial charge < -0.3 is 4.74 Å². The maximum absolute atomic E-state index is 9.62. The van der Waals surface area contributed by atoms with Crippen molar-refractivity contribution in [1.29, 1.82) is 0 Å². The Labute approximate surface area is 34.9 Å². The average Bonchev–Trinajstić information content (AvgIpc) is 2.11. The SMILES string of the molecule is C1CO1.FCF. The van der Waals surface area contributed by atoms with Crippen LogP contribution in [-0.2, 0) is 4.74 Å². The molecule has 1 aliphatic rings. The van der Waals surface area contributed by atoms with Crippen molar-refractivity contribution >= 4 is 0 Å². The minimum absolute atomic E-state index is 1.00. The van der Waals surface area contributed by atoms with Crippen molar-refractivity contribution < 1.29 is 13.5 Å². The smallest absolute Gasteiger partial charge is 0.229 e. The Morgan fingerprint density at radius 2 is 1.50 bits per heavy atom. The number of hydrogen-bond acceptors (Lipinski definition) is 1. The summed E-state index contributed by atoms with van der Waals surface area (Å²) in [6, 6.07) is 0. The van der Waals surface area contributed by atoms with E-state index in [1.807, 2.05) is 0 Å². The Hall–Kier alpha value is -0.180. The molecule has 38 valence electrons. The van der Waals surface area contributed by atoms with Gasteiger partial charge in [-0.25, -0.2) is 8.78 Å². The van der Waals surface area contributed by atoms with E-state index in [0.717, 1.165) is 13.2 Å². The Morgan fingerprint density at radius 1 is 1.33 bits per heavy atom. The molecule has 0 aromatic carbocycles. The quantitative estimate of drug-likeness (QED) is 0.408. The molecule has 0 aromatic rings. The number of rotatable bonds is 0. The third kappa shape index (κ3) is 45.2. The Kier molecular flexibility index (Phi) is 4.68. The molecule has 0 unspecified atom stereocenters. The first-order chi connectivity index (χ1) is 2.91. The van der Waals surface area contributed by atoms with E-state index in [1.165, 1.54) is 0 Å².